The molecule has 0 bridgehead atoms. The summed E-state index contributed by atoms with van der Waals surface area (Å²) in [5.41, 5.74) is 0. The summed E-state index contributed by atoms with van der Waals surface area (Å²) in [6, 6.07) is 0. The highest BCUT2D eigenvalue weighted by Crippen LogP contribution is 2.16. The van der Waals surface area contributed by atoms with Crippen molar-refractivity contribution in [2.24, 2.45) is 0 Å². The van der Waals surface area contributed by atoms with E-state index in [0.717, 1.165) is 103 Å². The summed E-state index contributed by atoms with van der Waals surface area (Å²) in [4.78, 5) is 38.3. The highest BCUT2D eigenvalue weighted by molar-refractivity contribution is 5.71. The normalized spacial score (nSPS) is 13.1. The Hall–Kier alpha value is -4.97. The maximum atomic E-state index is 12.9. The molecule has 0 aromatic carbocycles. The first kappa shape index (κ1) is 78.0. The number of hydrogen-bond donors (Lipinski definition) is 0. The molecule has 0 radical (unpaired) electrons. The summed E-state index contributed by atoms with van der Waals surface area (Å²) in [5.74, 6) is -1.07. The van der Waals surface area contributed by atoms with E-state index in [1.165, 1.54) is 135 Å². The Kier molecular flexibility index (Phi) is 65.4. The van der Waals surface area contributed by atoms with Crippen LogP contribution in [0.1, 0.15) is 290 Å². The number of allylic oxidation sites excluding steroid dienone is 26. The van der Waals surface area contributed by atoms with E-state index in [2.05, 4.69) is 167 Å². The van der Waals surface area contributed by atoms with Crippen molar-refractivity contribution in [3.05, 3.63) is 158 Å². The van der Waals surface area contributed by atoms with Gasteiger partial charge in [0.2, 0.25) is 0 Å². The second kappa shape index (κ2) is 69.5. The number of unbranched alkanes of at least 4 members (excludes halogenated alkanes) is 23. The first-order chi connectivity index (χ1) is 41.0. The minimum atomic E-state index is -0.846. The van der Waals surface area contributed by atoms with E-state index in [4.69, 9.17) is 14.2 Å². The van der Waals surface area contributed by atoms with Gasteiger partial charge in [0, 0.05) is 19.3 Å². The lowest BCUT2D eigenvalue weighted by Gasteiger charge is -2.18. The summed E-state index contributed by atoms with van der Waals surface area (Å²) in [6.07, 6.45) is 102. The van der Waals surface area contributed by atoms with Gasteiger partial charge in [-0.3, -0.25) is 14.4 Å². The number of rotatable bonds is 60. The molecule has 0 saturated carbocycles. The maximum absolute atomic E-state index is 12.9. The van der Waals surface area contributed by atoms with Gasteiger partial charge in [-0.2, -0.15) is 0 Å². The summed E-state index contributed by atoms with van der Waals surface area (Å²) < 4.78 is 16.8. The van der Waals surface area contributed by atoms with E-state index in [1.54, 1.807) is 0 Å². The average molecular weight is 1150 g/mol. The van der Waals surface area contributed by atoms with Crippen LogP contribution in [0.4, 0.5) is 0 Å². The van der Waals surface area contributed by atoms with Crippen molar-refractivity contribution >= 4 is 17.9 Å². The molecule has 6 nitrogen and oxygen atoms in total. The molecule has 0 saturated heterocycles. The van der Waals surface area contributed by atoms with Crippen LogP contribution in [0.3, 0.4) is 0 Å². The molecule has 0 aliphatic carbocycles. The van der Waals surface area contributed by atoms with Crippen LogP contribution in [0, 0.1) is 0 Å². The van der Waals surface area contributed by atoms with Gasteiger partial charge < -0.3 is 14.2 Å². The van der Waals surface area contributed by atoms with Gasteiger partial charge in [0.25, 0.3) is 0 Å². The zero-order chi connectivity index (χ0) is 59.9. The molecule has 0 aromatic rings. The number of hydrogen-bond acceptors (Lipinski definition) is 6. The van der Waals surface area contributed by atoms with Crippen LogP contribution in [0.25, 0.3) is 0 Å². The van der Waals surface area contributed by atoms with Crippen molar-refractivity contribution in [2.75, 3.05) is 13.2 Å². The molecule has 6 heteroatoms. The zero-order valence-electron chi connectivity index (χ0n) is 53.7. The Morgan fingerprint density at radius 1 is 0.253 bits per heavy atom. The fourth-order valence-electron chi connectivity index (χ4n) is 9.01. The van der Waals surface area contributed by atoms with Crippen molar-refractivity contribution < 1.29 is 28.6 Å². The number of esters is 3. The Bertz CT molecular complexity index is 1840. The molecule has 0 N–H and O–H groups in total. The van der Waals surface area contributed by atoms with Gasteiger partial charge in [-0.1, -0.05) is 301 Å². The standard InChI is InChI=1S/C77H124O6/c1-4-7-10-13-16-19-22-25-27-29-31-33-35-36-37-38-39-40-42-43-45-47-49-52-55-58-61-64-67-70-76(79)82-73-74(72-81-75(78)69-66-63-60-57-54-51-24-21-18-15-12-9-6-3)83-77(80)71-68-65-62-59-56-53-50-48-46-44-41-34-32-30-28-26-23-20-17-14-11-8-5-2/h8-9,11-12,17-18,20-22,25-26,28-29,31-32,34,44,46,50-51,53-54,59-60,62-63,74H,4-7,10,13-16,19,23-24,27,30,33,35-43,45,47-49,52,55-58,61,64-73H2,1-3H3/b11-8-,12-9-,20-17-,21-18-,25-22-,28-26-,31-29-,34-32-,46-44-,53-50-,54-51-,62-59-,63-60-. The first-order valence-corrected chi connectivity index (χ1v) is 34.0. The van der Waals surface area contributed by atoms with Crippen LogP contribution >= 0.6 is 0 Å². The van der Waals surface area contributed by atoms with E-state index in [-0.39, 0.29) is 44.0 Å². The Morgan fingerprint density at radius 2 is 0.506 bits per heavy atom. The van der Waals surface area contributed by atoms with Gasteiger partial charge >= 0.3 is 17.9 Å². The first-order valence-electron chi connectivity index (χ1n) is 34.0. The molecule has 0 aromatic heterocycles. The molecule has 468 valence electrons. The molecule has 0 spiro atoms. The molecular formula is C77H124O6. The van der Waals surface area contributed by atoms with Gasteiger partial charge in [0.1, 0.15) is 13.2 Å². The molecule has 0 aliphatic heterocycles. The van der Waals surface area contributed by atoms with Crippen LogP contribution in [0.2, 0.25) is 0 Å². The Morgan fingerprint density at radius 3 is 0.843 bits per heavy atom. The molecule has 1 atom stereocenters. The summed E-state index contributed by atoms with van der Waals surface area (Å²) in [6.45, 7) is 6.30. The third kappa shape index (κ3) is 67.7. The van der Waals surface area contributed by atoms with E-state index in [1.807, 2.05) is 12.2 Å². The average Bonchev–Trinajstić information content (AvgIpc) is 3.49. The van der Waals surface area contributed by atoms with Crippen LogP contribution in [0.15, 0.2) is 158 Å². The molecule has 0 fully saturated rings. The van der Waals surface area contributed by atoms with E-state index in [0.29, 0.717) is 19.3 Å². The number of carbonyl (C=O) groups is 3. The summed E-state index contributed by atoms with van der Waals surface area (Å²) in [7, 11) is 0. The SMILES string of the molecule is CC/C=C\C/C=C\C/C=C\C/C=C\C/C=C\C/C=C\C/C=C\CCCC(=O)OC(COC(=O)CC/C=C\C/C=C\C/C=C\C/C=C\CC)COC(=O)CCCCCCCCCCCCCCCCCCC/C=C\C/C=C\CCCCCCC. The van der Waals surface area contributed by atoms with Gasteiger partial charge in [-0.25, -0.2) is 0 Å². The van der Waals surface area contributed by atoms with Crippen LogP contribution < -0.4 is 0 Å². The van der Waals surface area contributed by atoms with E-state index >= 15 is 0 Å². The van der Waals surface area contributed by atoms with Crippen molar-refractivity contribution in [2.45, 2.75) is 297 Å². The Balaban J connectivity index is 4.40. The highest BCUT2D eigenvalue weighted by atomic mass is 16.6. The molecule has 0 rings (SSSR count). The smallest absolute Gasteiger partial charge is 0.306 e. The van der Waals surface area contributed by atoms with Gasteiger partial charge in [0.05, 0.1) is 0 Å². The summed E-state index contributed by atoms with van der Waals surface area (Å²) >= 11 is 0. The van der Waals surface area contributed by atoms with Crippen molar-refractivity contribution in [3.63, 3.8) is 0 Å². The van der Waals surface area contributed by atoms with Gasteiger partial charge in [-0.15, -0.1) is 0 Å². The predicted molar refractivity (Wildman–Crippen MR) is 362 cm³/mol. The second-order valence-electron chi connectivity index (χ2n) is 22.0. The predicted octanol–water partition coefficient (Wildman–Crippen LogP) is 23.7. The molecular weight excluding hydrogens is 1020 g/mol. The van der Waals surface area contributed by atoms with Crippen LogP contribution in [-0.4, -0.2) is 37.2 Å². The second-order valence-corrected chi connectivity index (χ2v) is 22.0. The Labute approximate surface area is 511 Å². The topological polar surface area (TPSA) is 78.9 Å². The third-order valence-corrected chi connectivity index (χ3v) is 14.0. The monoisotopic (exact) mass is 1140 g/mol. The highest BCUT2D eigenvalue weighted by Gasteiger charge is 2.19. The quantitative estimate of drug-likeness (QED) is 0.0261. The van der Waals surface area contributed by atoms with Crippen LogP contribution in [0.5, 0.6) is 0 Å². The lowest BCUT2D eigenvalue weighted by atomic mass is 10.0. The minimum absolute atomic E-state index is 0.128. The number of ether oxygens (including phenoxy) is 3. The lowest BCUT2D eigenvalue weighted by Crippen LogP contribution is -2.30. The van der Waals surface area contributed by atoms with E-state index < -0.39 is 6.10 Å². The number of carbonyl (C=O) groups excluding carboxylic acids is 3. The van der Waals surface area contributed by atoms with Crippen molar-refractivity contribution in [1.29, 1.82) is 0 Å². The minimum Gasteiger partial charge on any atom is -0.462 e. The molecule has 1 unspecified atom stereocenters. The van der Waals surface area contributed by atoms with E-state index in [9.17, 15) is 14.4 Å². The fourth-order valence-corrected chi connectivity index (χ4v) is 9.01. The molecule has 0 heterocycles. The third-order valence-electron chi connectivity index (χ3n) is 14.0. The lowest BCUT2D eigenvalue weighted by molar-refractivity contribution is -0.166. The molecule has 0 amide bonds. The maximum Gasteiger partial charge on any atom is 0.306 e. The largest absolute Gasteiger partial charge is 0.462 e. The van der Waals surface area contributed by atoms with Crippen molar-refractivity contribution in [3.8, 4) is 0 Å². The summed E-state index contributed by atoms with van der Waals surface area (Å²) in [5, 5.41) is 0. The van der Waals surface area contributed by atoms with Crippen molar-refractivity contribution in [1.82, 2.24) is 0 Å². The van der Waals surface area contributed by atoms with Gasteiger partial charge in [0.15, 0.2) is 6.10 Å². The zero-order valence-corrected chi connectivity index (χ0v) is 53.7. The van der Waals surface area contributed by atoms with Crippen LogP contribution in [-0.2, 0) is 28.6 Å². The van der Waals surface area contributed by atoms with Gasteiger partial charge in [-0.05, 0) is 128 Å². The molecule has 0 aliphatic rings. The molecule has 83 heavy (non-hydrogen) atoms. The fraction of sp³-hybridized carbons (Fsp3) is 0.623.